The second-order valence-corrected chi connectivity index (χ2v) is 5.35. The van der Waals surface area contributed by atoms with Crippen LogP contribution in [0.2, 0.25) is 0 Å². The molecule has 2 fully saturated rings. The first-order valence-corrected chi connectivity index (χ1v) is 6.64. The van der Waals surface area contributed by atoms with Crippen molar-refractivity contribution in [3.63, 3.8) is 0 Å². The fourth-order valence-corrected chi connectivity index (χ4v) is 2.78. The first-order valence-electron chi connectivity index (χ1n) is 6.64. The van der Waals surface area contributed by atoms with Crippen molar-refractivity contribution < 1.29 is 14.7 Å². The van der Waals surface area contributed by atoms with Crippen molar-refractivity contribution >= 4 is 11.9 Å². The Morgan fingerprint density at radius 2 is 2.00 bits per heavy atom. The van der Waals surface area contributed by atoms with Crippen molar-refractivity contribution in [3.8, 4) is 0 Å². The van der Waals surface area contributed by atoms with E-state index in [9.17, 15) is 14.7 Å². The lowest BCUT2D eigenvalue weighted by Crippen LogP contribution is -2.29. The molecule has 1 amide bonds. The van der Waals surface area contributed by atoms with Crippen molar-refractivity contribution in [2.24, 2.45) is 17.8 Å². The Kier molecular flexibility index (Phi) is 3.69. The van der Waals surface area contributed by atoms with E-state index in [0.29, 0.717) is 25.4 Å². The van der Waals surface area contributed by atoms with E-state index in [1.54, 1.807) is 4.90 Å². The maximum absolute atomic E-state index is 11.9. The van der Waals surface area contributed by atoms with Gasteiger partial charge in [0.2, 0.25) is 5.91 Å². The van der Waals surface area contributed by atoms with Crippen LogP contribution < -0.4 is 0 Å². The summed E-state index contributed by atoms with van der Waals surface area (Å²) in [6.45, 7) is 3.16. The van der Waals surface area contributed by atoms with Crippen LogP contribution in [0, 0.1) is 17.8 Å². The normalized spacial score (nSPS) is 28.4. The van der Waals surface area contributed by atoms with Gasteiger partial charge in [-0.25, -0.2) is 0 Å². The molecule has 1 saturated carbocycles. The molecule has 0 aromatic rings. The largest absolute Gasteiger partial charge is 0.481 e. The number of hydrogen-bond donors (Lipinski definition) is 1. The van der Waals surface area contributed by atoms with Crippen LogP contribution in [0.15, 0.2) is 0 Å². The second-order valence-electron chi connectivity index (χ2n) is 5.35. The van der Waals surface area contributed by atoms with Crippen molar-refractivity contribution in [3.05, 3.63) is 0 Å². The van der Waals surface area contributed by atoms with Gasteiger partial charge in [0.15, 0.2) is 0 Å². The summed E-state index contributed by atoms with van der Waals surface area (Å²) in [7, 11) is 0. The van der Waals surface area contributed by atoms with Crippen molar-refractivity contribution in [1.82, 2.24) is 4.90 Å². The van der Waals surface area contributed by atoms with E-state index in [1.807, 2.05) is 0 Å². The molecular formula is C13H21NO3. The van der Waals surface area contributed by atoms with Gasteiger partial charge >= 0.3 is 5.97 Å². The quantitative estimate of drug-likeness (QED) is 0.795. The van der Waals surface area contributed by atoms with Crippen LogP contribution in [0.1, 0.15) is 39.0 Å². The average Bonchev–Trinajstić information content (AvgIpc) is 3.04. The summed E-state index contributed by atoms with van der Waals surface area (Å²) >= 11 is 0. The topological polar surface area (TPSA) is 57.6 Å². The monoisotopic (exact) mass is 239 g/mol. The molecule has 0 unspecified atom stereocenters. The van der Waals surface area contributed by atoms with E-state index < -0.39 is 5.97 Å². The van der Waals surface area contributed by atoms with Crippen molar-refractivity contribution in [2.45, 2.75) is 39.0 Å². The van der Waals surface area contributed by atoms with Gasteiger partial charge in [0.05, 0.1) is 5.92 Å². The molecule has 4 nitrogen and oxygen atoms in total. The van der Waals surface area contributed by atoms with E-state index in [1.165, 1.54) is 0 Å². The Balaban J connectivity index is 1.93. The van der Waals surface area contributed by atoms with Crippen LogP contribution in [-0.4, -0.2) is 35.0 Å². The third-order valence-electron chi connectivity index (χ3n) is 4.01. The molecule has 2 aliphatic rings. The summed E-state index contributed by atoms with van der Waals surface area (Å²) in [6.07, 6.45) is 4.77. The number of unbranched alkanes of at least 4 members (excludes halogenated alkanes) is 1. The lowest BCUT2D eigenvalue weighted by Gasteiger charge is -2.15. The van der Waals surface area contributed by atoms with Gasteiger partial charge in [0.1, 0.15) is 0 Å². The standard InChI is InChI=1S/C13H21NO3/c1-2-3-4-12(15)14-7-10(9-5-6-9)11(8-14)13(16)17/h9-11H,2-8H2,1H3,(H,16,17)/t10-,11+/m1/s1. The minimum atomic E-state index is -0.729. The number of likely N-dealkylation sites (tertiary alicyclic amines) is 1. The molecule has 0 aromatic heterocycles. The number of carbonyl (C=O) groups is 2. The Morgan fingerprint density at radius 1 is 1.29 bits per heavy atom. The molecule has 1 saturated heterocycles. The molecule has 0 radical (unpaired) electrons. The molecule has 0 bridgehead atoms. The van der Waals surface area contributed by atoms with E-state index >= 15 is 0 Å². The summed E-state index contributed by atoms with van der Waals surface area (Å²) in [5, 5.41) is 9.20. The van der Waals surface area contributed by atoms with Gasteiger partial charge in [0, 0.05) is 19.5 Å². The Hall–Kier alpha value is -1.06. The Bertz CT molecular complexity index is 312. The highest BCUT2D eigenvalue weighted by Gasteiger charge is 2.46. The minimum absolute atomic E-state index is 0.140. The van der Waals surface area contributed by atoms with E-state index in [2.05, 4.69) is 6.92 Å². The zero-order chi connectivity index (χ0) is 12.4. The first kappa shape index (κ1) is 12.4. The van der Waals surface area contributed by atoms with E-state index in [0.717, 1.165) is 25.7 Å². The highest BCUT2D eigenvalue weighted by atomic mass is 16.4. The molecule has 0 spiro atoms. The zero-order valence-electron chi connectivity index (χ0n) is 10.4. The maximum Gasteiger partial charge on any atom is 0.308 e. The second kappa shape index (κ2) is 5.07. The average molecular weight is 239 g/mol. The summed E-state index contributed by atoms with van der Waals surface area (Å²) in [5.41, 5.74) is 0. The summed E-state index contributed by atoms with van der Waals surface area (Å²) in [5.74, 6) is -0.153. The van der Waals surface area contributed by atoms with Gasteiger partial charge in [0.25, 0.3) is 0 Å². The van der Waals surface area contributed by atoms with Crippen LogP contribution >= 0.6 is 0 Å². The number of amides is 1. The predicted octanol–water partition coefficient (Wildman–Crippen LogP) is 1.75. The molecule has 0 aromatic carbocycles. The zero-order valence-corrected chi connectivity index (χ0v) is 10.4. The highest BCUT2D eigenvalue weighted by Crippen LogP contribution is 2.44. The highest BCUT2D eigenvalue weighted by molar-refractivity contribution is 5.79. The summed E-state index contributed by atoms with van der Waals surface area (Å²) in [6, 6.07) is 0. The number of hydrogen-bond acceptors (Lipinski definition) is 2. The number of rotatable bonds is 5. The molecule has 2 rings (SSSR count). The van der Waals surface area contributed by atoms with Gasteiger partial charge in [-0.05, 0) is 31.1 Å². The fourth-order valence-electron chi connectivity index (χ4n) is 2.78. The molecule has 1 heterocycles. The van der Waals surface area contributed by atoms with Crippen molar-refractivity contribution in [1.29, 1.82) is 0 Å². The molecule has 1 N–H and O–H groups in total. The molecule has 1 aliphatic heterocycles. The van der Waals surface area contributed by atoms with Gasteiger partial charge in [-0.1, -0.05) is 13.3 Å². The number of carboxylic acids is 1. The van der Waals surface area contributed by atoms with Crippen LogP contribution in [0.4, 0.5) is 0 Å². The first-order chi connectivity index (χ1) is 8.13. The van der Waals surface area contributed by atoms with Gasteiger partial charge in [-0.15, -0.1) is 0 Å². The Labute approximate surface area is 102 Å². The molecule has 96 valence electrons. The van der Waals surface area contributed by atoms with Crippen LogP contribution in [0.3, 0.4) is 0 Å². The van der Waals surface area contributed by atoms with Crippen LogP contribution in [-0.2, 0) is 9.59 Å². The molecule has 17 heavy (non-hydrogen) atoms. The maximum atomic E-state index is 11.9. The molecule has 2 atom stereocenters. The SMILES string of the molecule is CCCCC(=O)N1C[C@H](C(=O)O)[C@@H](C2CC2)C1. The van der Waals surface area contributed by atoms with Gasteiger partial charge in [-0.2, -0.15) is 0 Å². The minimum Gasteiger partial charge on any atom is -0.481 e. The third-order valence-corrected chi connectivity index (χ3v) is 4.01. The lowest BCUT2D eigenvalue weighted by atomic mass is 9.92. The number of carboxylic acid groups (broad SMARTS) is 1. The van der Waals surface area contributed by atoms with Crippen LogP contribution in [0.25, 0.3) is 0 Å². The number of nitrogens with zero attached hydrogens (tertiary/aromatic N) is 1. The smallest absolute Gasteiger partial charge is 0.308 e. The lowest BCUT2D eigenvalue weighted by molar-refractivity contribution is -0.142. The van der Waals surface area contributed by atoms with E-state index in [4.69, 9.17) is 0 Å². The van der Waals surface area contributed by atoms with Crippen molar-refractivity contribution in [2.75, 3.05) is 13.1 Å². The Morgan fingerprint density at radius 3 is 2.53 bits per heavy atom. The third kappa shape index (κ3) is 2.79. The molecular weight excluding hydrogens is 218 g/mol. The predicted molar refractivity (Wildman–Crippen MR) is 63.4 cm³/mol. The van der Waals surface area contributed by atoms with Gasteiger partial charge in [-0.3, -0.25) is 9.59 Å². The number of carbonyl (C=O) groups excluding carboxylic acids is 1. The molecule has 4 heteroatoms. The van der Waals surface area contributed by atoms with Crippen LogP contribution in [0.5, 0.6) is 0 Å². The van der Waals surface area contributed by atoms with Gasteiger partial charge < -0.3 is 10.0 Å². The van der Waals surface area contributed by atoms with E-state index in [-0.39, 0.29) is 17.7 Å². The molecule has 1 aliphatic carbocycles. The fraction of sp³-hybridized carbons (Fsp3) is 0.846. The summed E-state index contributed by atoms with van der Waals surface area (Å²) in [4.78, 5) is 24.9. The number of aliphatic carboxylic acids is 1. The summed E-state index contributed by atoms with van der Waals surface area (Å²) < 4.78 is 0.